The van der Waals surface area contributed by atoms with E-state index in [0.29, 0.717) is 0 Å². The maximum Gasteiger partial charge on any atom is 0.490 e. The first-order chi connectivity index (χ1) is 14.0. The molecule has 0 radical (unpaired) electrons. The van der Waals surface area contributed by atoms with Crippen molar-refractivity contribution in [2.24, 2.45) is 0 Å². The number of aromatic amines is 1. The highest BCUT2D eigenvalue weighted by Crippen LogP contribution is 2.66. The zero-order valence-corrected chi connectivity index (χ0v) is 19.1. The summed E-state index contributed by atoms with van der Waals surface area (Å²) >= 11 is 9.87. The molecule has 0 aromatic carbocycles. The topological polar surface area (TPSA) is 230 Å². The maximum absolute atomic E-state index is 13.6. The average molecular weight is 548 g/mol. The molecule has 1 aromatic heterocycles. The van der Waals surface area contributed by atoms with Gasteiger partial charge in [0.05, 0.1) is 6.61 Å². The minimum atomic E-state index is -5.76. The Kier molecular flexibility index (Phi) is 8.31. The highest BCUT2D eigenvalue weighted by Gasteiger charge is 2.57. The second-order valence-corrected chi connectivity index (χ2v) is 11.2. The smallest absolute Gasteiger partial charge is 0.387 e. The number of aromatic nitrogens is 2. The fourth-order valence-corrected chi connectivity index (χ4v) is 6.01. The molecule has 1 saturated heterocycles. The molecule has 0 aliphatic carbocycles. The third kappa shape index (κ3) is 6.86. The Morgan fingerprint density at radius 2 is 1.81 bits per heavy atom. The summed E-state index contributed by atoms with van der Waals surface area (Å²) in [6, 6.07) is 1.32. The summed E-state index contributed by atoms with van der Waals surface area (Å²) in [5.74, 6) is 0. The van der Waals surface area contributed by atoms with E-state index in [2.05, 4.69) is 18.1 Å². The van der Waals surface area contributed by atoms with E-state index >= 15 is 0 Å². The molecule has 31 heavy (non-hydrogen) atoms. The van der Waals surface area contributed by atoms with Gasteiger partial charge in [-0.2, -0.15) is 8.62 Å². The molecule has 0 saturated carbocycles. The molecule has 1 fully saturated rings. The summed E-state index contributed by atoms with van der Waals surface area (Å²) in [6.07, 6.45) is -4.17. The largest absolute Gasteiger partial charge is 0.490 e. The van der Waals surface area contributed by atoms with Gasteiger partial charge < -0.3 is 39.5 Å². The van der Waals surface area contributed by atoms with Gasteiger partial charge >= 0.3 is 23.5 Å². The van der Waals surface area contributed by atoms with Crippen LogP contribution < -0.4 is 0 Å². The van der Waals surface area contributed by atoms with Gasteiger partial charge in [0.2, 0.25) is 0 Å². The van der Waals surface area contributed by atoms with Crippen LogP contribution in [0.15, 0.2) is 12.3 Å². The maximum atomic E-state index is 13.6. The molecule has 1 aliphatic rings. The molecular formula is C10H16FN2O13P3S2. The van der Waals surface area contributed by atoms with Gasteiger partial charge in [-0.05, 0) is 18.3 Å². The molecule has 1 aromatic rings. The molecule has 0 amide bonds. The Labute approximate surface area is 182 Å². The number of halogens is 1. The lowest BCUT2D eigenvalue weighted by molar-refractivity contribution is -0.120. The van der Waals surface area contributed by atoms with Crippen molar-refractivity contribution in [2.45, 2.75) is 24.0 Å². The number of phosphoric acid groups is 3. The number of ether oxygens (including phenoxy) is 1. The highest BCUT2D eigenvalue weighted by atomic mass is 32.1. The van der Waals surface area contributed by atoms with E-state index in [9.17, 15) is 33.2 Å². The Hall–Kier alpha value is -0.260. The average Bonchev–Trinajstić information content (AvgIpc) is 2.82. The minimum Gasteiger partial charge on any atom is -0.387 e. The summed E-state index contributed by atoms with van der Waals surface area (Å²) in [5, 5.41) is 20.8. The molecule has 3 unspecified atom stereocenters. The van der Waals surface area contributed by atoms with Gasteiger partial charge in [-0.15, -0.1) is 0 Å². The Morgan fingerprint density at radius 1 is 1.19 bits per heavy atom. The fraction of sp³-hybridized carbons (Fsp3) is 0.600. The molecule has 6 atom stereocenters. The van der Waals surface area contributed by atoms with Gasteiger partial charge in [0, 0.05) is 6.20 Å². The van der Waals surface area contributed by atoms with Gasteiger partial charge in [-0.3, -0.25) is 9.09 Å². The summed E-state index contributed by atoms with van der Waals surface area (Å²) in [7, 11) is -16.9. The summed E-state index contributed by atoms with van der Waals surface area (Å²) in [5.41, 5.74) is -2.60. The molecule has 0 bridgehead atoms. The molecule has 2 heterocycles. The quantitative estimate of drug-likeness (QED) is 0.165. The lowest BCUT2D eigenvalue weighted by atomic mass is 9.95. The minimum absolute atomic E-state index is 0.120. The molecule has 1 aliphatic heterocycles. The molecular weight excluding hydrogens is 532 g/mol. The number of aliphatic hydroxyl groups is 2. The molecule has 21 heteroatoms. The lowest BCUT2D eigenvalue weighted by Crippen LogP contribution is -2.49. The van der Waals surface area contributed by atoms with Crippen molar-refractivity contribution >= 4 is 47.9 Å². The number of rotatable bonds is 9. The van der Waals surface area contributed by atoms with Gasteiger partial charge in [-0.1, -0.05) is 12.2 Å². The van der Waals surface area contributed by atoms with E-state index in [4.69, 9.17) is 43.9 Å². The zero-order chi connectivity index (χ0) is 23.8. The number of hydrogen-bond acceptors (Lipinski definition) is 11. The number of alkyl halides is 1. The van der Waals surface area contributed by atoms with E-state index in [1.807, 2.05) is 0 Å². The van der Waals surface area contributed by atoms with Crippen LogP contribution in [0.25, 0.3) is 0 Å². The second-order valence-electron chi connectivity index (χ2n) is 6.00. The lowest BCUT2D eigenvalue weighted by Gasteiger charge is -2.29. The number of hydrogen-bond donors (Lipinski definition) is 7. The fourth-order valence-electron chi connectivity index (χ4n) is 2.49. The van der Waals surface area contributed by atoms with Crippen molar-refractivity contribution in [3.05, 3.63) is 21.7 Å². The summed E-state index contributed by atoms with van der Waals surface area (Å²) in [4.78, 5) is 38.1. The van der Waals surface area contributed by atoms with Crippen LogP contribution in [0.4, 0.5) is 4.39 Å². The van der Waals surface area contributed by atoms with Crippen LogP contribution in [0.1, 0.15) is 6.23 Å². The molecule has 7 N–H and O–H groups in total. The van der Waals surface area contributed by atoms with Crippen LogP contribution >= 0.6 is 47.9 Å². The van der Waals surface area contributed by atoms with E-state index in [1.54, 1.807) is 0 Å². The van der Waals surface area contributed by atoms with Crippen molar-refractivity contribution in [1.82, 2.24) is 9.55 Å². The molecule has 0 spiro atoms. The Morgan fingerprint density at radius 3 is 2.32 bits per heavy atom. The van der Waals surface area contributed by atoms with Gasteiger partial charge in [0.15, 0.2) is 16.6 Å². The first-order valence-corrected chi connectivity index (χ1v) is 13.1. The van der Waals surface area contributed by atoms with Crippen LogP contribution in [0.3, 0.4) is 0 Å². The third-order valence-corrected chi connectivity index (χ3v) is 8.09. The highest BCUT2D eigenvalue weighted by molar-refractivity contribution is 7.72. The standard InChI is InChI=1S/C10H16FN2O13P3S2/c11-4-10(15)7(14)5(24-8(10)13-2-1-6(30)12-9(13)31)3-23-28(19,20)26-29(21,22)25-27(16,17)18/h1-2,5,7-8,14-15H,3-4H2,(H,19,20)(H,21,22)(H,12,30,31)(H2,16,17,18)/t5-,7+,8-,10?/m1/s1. The normalized spacial score (nSPS) is 30.6. The van der Waals surface area contributed by atoms with E-state index in [1.165, 1.54) is 12.3 Å². The molecule has 15 nitrogen and oxygen atoms in total. The van der Waals surface area contributed by atoms with Crippen LogP contribution in [0, 0.1) is 9.41 Å². The second kappa shape index (κ2) is 9.54. The van der Waals surface area contributed by atoms with E-state index < -0.39 is 60.8 Å². The third-order valence-electron chi connectivity index (χ3n) is 3.73. The zero-order valence-electron chi connectivity index (χ0n) is 14.8. The van der Waals surface area contributed by atoms with Crippen LogP contribution in [0.2, 0.25) is 0 Å². The van der Waals surface area contributed by atoms with Crippen molar-refractivity contribution in [1.29, 1.82) is 0 Å². The first-order valence-electron chi connectivity index (χ1n) is 7.71. The summed E-state index contributed by atoms with van der Waals surface area (Å²) in [6.45, 7) is -2.66. The molecule has 2 rings (SSSR count). The van der Waals surface area contributed by atoms with Crippen LogP contribution in [-0.2, 0) is 31.6 Å². The predicted molar refractivity (Wildman–Crippen MR) is 101 cm³/mol. The van der Waals surface area contributed by atoms with Crippen molar-refractivity contribution in [2.75, 3.05) is 13.3 Å². The van der Waals surface area contributed by atoms with Crippen LogP contribution in [0.5, 0.6) is 0 Å². The van der Waals surface area contributed by atoms with E-state index in [-0.39, 0.29) is 9.41 Å². The van der Waals surface area contributed by atoms with Gasteiger partial charge in [0.25, 0.3) is 0 Å². The van der Waals surface area contributed by atoms with Gasteiger partial charge in [0.1, 0.15) is 23.5 Å². The number of phosphoric ester groups is 1. The number of H-pyrrole nitrogens is 1. The Bertz CT molecular complexity index is 1080. The molecule has 178 valence electrons. The van der Waals surface area contributed by atoms with Crippen molar-refractivity contribution in [3.8, 4) is 0 Å². The number of aliphatic hydroxyl groups excluding tert-OH is 1. The van der Waals surface area contributed by atoms with Crippen molar-refractivity contribution in [3.63, 3.8) is 0 Å². The Balaban J connectivity index is 2.18. The predicted octanol–water partition coefficient (Wildman–Crippen LogP) is 0.577. The van der Waals surface area contributed by atoms with Crippen molar-refractivity contribution < 1.29 is 65.8 Å². The number of nitrogens with one attached hydrogen (secondary N) is 1. The van der Waals surface area contributed by atoms with Gasteiger partial charge in [-0.25, -0.2) is 18.1 Å². The number of nitrogens with zero attached hydrogens (tertiary/aromatic N) is 1. The SMILES string of the molecule is O=P(O)(O)OP(=O)(O)OP(=O)(O)OC[C@H]1O[C@@H](n2ccc(=S)[nH]c2=S)C(O)(CF)[C@H]1O. The monoisotopic (exact) mass is 548 g/mol. The van der Waals surface area contributed by atoms with Crippen LogP contribution in [-0.4, -0.2) is 70.4 Å². The first kappa shape index (κ1) is 27.0. The summed E-state index contributed by atoms with van der Waals surface area (Å²) < 4.78 is 65.1. The van der Waals surface area contributed by atoms with E-state index in [0.717, 1.165) is 4.57 Å².